The lowest BCUT2D eigenvalue weighted by Crippen LogP contribution is -2.44. The Hall–Kier alpha value is -2.90. The molecule has 2 aliphatic rings. The van der Waals surface area contributed by atoms with Gasteiger partial charge in [0.05, 0.1) is 21.3 Å². The molecule has 0 spiro atoms. The molecule has 0 saturated carbocycles. The highest BCUT2D eigenvalue weighted by molar-refractivity contribution is 7.22. The van der Waals surface area contributed by atoms with Gasteiger partial charge in [-0.25, -0.2) is 13.8 Å². The smallest absolute Gasteiger partial charge is 0.319 e. The van der Waals surface area contributed by atoms with Crippen LogP contribution in [0, 0.1) is 11.6 Å². The van der Waals surface area contributed by atoms with Crippen LogP contribution in [0.4, 0.5) is 19.7 Å². The van der Waals surface area contributed by atoms with E-state index in [1.807, 2.05) is 7.05 Å². The molecule has 2 unspecified atom stereocenters. The molecule has 2 aromatic heterocycles. The van der Waals surface area contributed by atoms with Gasteiger partial charge in [0, 0.05) is 62.4 Å². The zero-order valence-electron chi connectivity index (χ0n) is 21.5. The Balaban J connectivity index is 1.47. The number of ether oxygens (including phenoxy) is 2. The van der Waals surface area contributed by atoms with Crippen molar-refractivity contribution in [3.05, 3.63) is 34.9 Å². The van der Waals surface area contributed by atoms with Crippen molar-refractivity contribution < 1.29 is 18.3 Å². The topological polar surface area (TPSA) is 102 Å². The number of hydrogen-bond acceptors (Lipinski definition) is 10. The number of piperazine rings is 1. The number of hydrogen-bond donors (Lipinski definition) is 2. The zero-order valence-corrected chi connectivity index (χ0v) is 23.1. The van der Waals surface area contributed by atoms with Crippen LogP contribution in [0.5, 0.6) is 6.01 Å². The SMILES string of the molecule is COC1CC(COc2nc(N3CCNCC3)c3cc(Cl)c(-c4ccc(F)c5sc(N)nc45)c(F)c3n2)N(C)C1. The second-order valence-electron chi connectivity index (χ2n) is 9.83. The molecule has 206 valence electrons. The summed E-state index contributed by atoms with van der Waals surface area (Å²) in [6, 6.07) is 4.59. The van der Waals surface area contributed by atoms with Crippen LogP contribution in [-0.2, 0) is 4.74 Å². The molecule has 13 heteroatoms. The number of benzene rings is 2. The molecule has 39 heavy (non-hydrogen) atoms. The fraction of sp³-hybridized carbons (Fsp3) is 0.423. The number of fused-ring (bicyclic) bond motifs is 2. The van der Waals surface area contributed by atoms with Crippen molar-refractivity contribution in [1.29, 1.82) is 0 Å². The third-order valence-corrected chi connectivity index (χ3v) is 8.62. The van der Waals surface area contributed by atoms with E-state index in [4.69, 9.17) is 31.8 Å². The molecule has 0 aliphatic carbocycles. The Morgan fingerprint density at radius 3 is 2.72 bits per heavy atom. The Kier molecular flexibility index (Phi) is 7.15. The molecule has 2 aliphatic heterocycles. The van der Waals surface area contributed by atoms with Crippen LogP contribution >= 0.6 is 22.9 Å². The number of aromatic nitrogens is 3. The first-order valence-electron chi connectivity index (χ1n) is 12.7. The number of nitrogens with zero attached hydrogens (tertiary/aromatic N) is 5. The minimum Gasteiger partial charge on any atom is -0.462 e. The first kappa shape index (κ1) is 26.3. The van der Waals surface area contributed by atoms with Crippen molar-refractivity contribution >= 4 is 55.0 Å². The molecule has 2 saturated heterocycles. The van der Waals surface area contributed by atoms with E-state index < -0.39 is 11.6 Å². The van der Waals surface area contributed by atoms with Crippen LogP contribution < -0.4 is 20.7 Å². The predicted octanol–water partition coefficient (Wildman–Crippen LogP) is 3.93. The number of nitrogens with two attached hydrogens (primary N) is 1. The van der Waals surface area contributed by atoms with Crippen molar-refractivity contribution in [2.75, 3.05) is 64.1 Å². The number of nitrogens with one attached hydrogen (secondary N) is 1. The minimum atomic E-state index is -0.655. The van der Waals surface area contributed by atoms with Gasteiger partial charge in [-0.2, -0.15) is 9.97 Å². The van der Waals surface area contributed by atoms with Crippen LogP contribution in [0.3, 0.4) is 0 Å². The number of likely N-dealkylation sites (N-methyl/N-ethyl adjacent to an activating group) is 1. The maximum Gasteiger partial charge on any atom is 0.319 e. The van der Waals surface area contributed by atoms with Gasteiger partial charge in [0.2, 0.25) is 0 Å². The fourth-order valence-corrected chi connectivity index (χ4v) is 6.41. The molecule has 9 nitrogen and oxygen atoms in total. The highest BCUT2D eigenvalue weighted by atomic mass is 35.5. The molecule has 2 fully saturated rings. The molecule has 2 aromatic carbocycles. The summed E-state index contributed by atoms with van der Waals surface area (Å²) in [4.78, 5) is 17.7. The third-order valence-electron chi connectivity index (χ3n) is 7.43. The quantitative estimate of drug-likeness (QED) is 0.354. The molecule has 0 amide bonds. The summed E-state index contributed by atoms with van der Waals surface area (Å²) in [5.41, 5.74) is 6.60. The molecular weight excluding hydrogens is 548 g/mol. The maximum atomic E-state index is 16.4. The standard InChI is InChI=1S/C26H28ClF2N7O2S/c1-35-11-14(37-2)9-13(35)12-38-26-33-21-16(24(34-26)36-7-5-31-6-8-36)10-17(27)19(20(21)29)15-3-4-18(28)23-22(15)32-25(30)39-23/h3-4,10,13-14,31H,5-9,11-12H2,1-2H3,(H2,30,32). The summed E-state index contributed by atoms with van der Waals surface area (Å²) in [5, 5.41) is 4.12. The van der Waals surface area contributed by atoms with E-state index in [0.717, 1.165) is 37.4 Å². The molecule has 4 heterocycles. The van der Waals surface area contributed by atoms with Gasteiger partial charge in [-0.3, -0.25) is 4.90 Å². The number of anilines is 2. The van der Waals surface area contributed by atoms with Gasteiger partial charge in [-0.1, -0.05) is 22.9 Å². The Bertz CT molecular complexity index is 1550. The van der Waals surface area contributed by atoms with Crippen LogP contribution in [-0.4, -0.2) is 85.5 Å². The highest BCUT2D eigenvalue weighted by Gasteiger charge is 2.31. The van der Waals surface area contributed by atoms with E-state index in [1.165, 1.54) is 12.1 Å². The highest BCUT2D eigenvalue weighted by Crippen LogP contribution is 2.42. The summed E-state index contributed by atoms with van der Waals surface area (Å²) in [6.45, 7) is 4.04. The van der Waals surface area contributed by atoms with Gasteiger partial charge in [0.15, 0.2) is 10.9 Å². The second-order valence-corrected chi connectivity index (χ2v) is 11.3. The van der Waals surface area contributed by atoms with Crippen LogP contribution in [0.15, 0.2) is 18.2 Å². The van der Waals surface area contributed by atoms with Gasteiger partial charge >= 0.3 is 6.01 Å². The molecule has 2 atom stereocenters. The average molecular weight is 576 g/mol. The number of methoxy groups -OCH3 is 1. The summed E-state index contributed by atoms with van der Waals surface area (Å²) in [7, 11) is 3.72. The lowest BCUT2D eigenvalue weighted by atomic mass is 10.0. The largest absolute Gasteiger partial charge is 0.462 e. The molecule has 6 rings (SSSR count). The monoisotopic (exact) mass is 575 g/mol. The third kappa shape index (κ3) is 4.84. The number of thiazole rings is 1. The van der Waals surface area contributed by atoms with E-state index in [2.05, 4.69) is 25.1 Å². The van der Waals surface area contributed by atoms with Crippen molar-refractivity contribution in [3.8, 4) is 17.1 Å². The number of nitrogen functional groups attached to an aromatic ring is 1. The first-order chi connectivity index (χ1) is 18.8. The Morgan fingerprint density at radius 2 is 1.97 bits per heavy atom. The summed E-state index contributed by atoms with van der Waals surface area (Å²) < 4.78 is 42.7. The number of halogens is 3. The van der Waals surface area contributed by atoms with Gasteiger partial charge in [-0.05, 0) is 31.7 Å². The maximum absolute atomic E-state index is 16.4. The van der Waals surface area contributed by atoms with Gasteiger partial charge in [-0.15, -0.1) is 0 Å². The van der Waals surface area contributed by atoms with E-state index in [1.54, 1.807) is 13.2 Å². The van der Waals surface area contributed by atoms with Gasteiger partial charge < -0.3 is 25.4 Å². The van der Waals surface area contributed by atoms with E-state index in [0.29, 0.717) is 36.5 Å². The molecule has 0 bridgehead atoms. The van der Waals surface area contributed by atoms with Crippen molar-refractivity contribution in [2.45, 2.75) is 18.6 Å². The fourth-order valence-electron chi connectivity index (χ4n) is 5.35. The molecular formula is C26H28ClF2N7O2S. The number of rotatable bonds is 6. The van der Waals surface area contributed by atoms with E-state index in [-0.39, 0.29) is 49.6 Å². The Labute approximate surface area is 232 Å². The first-order valence-corrected chi connectivity index (χ1v) is 13.9. The zero-order chi connectivity index (χ0) is 27.3. The minimum absolute atomic E-state index is 0.0724. The Morgan fingerprint density at radius 1 is 1.18 bits per heavy atom. The summed E-state index contributed by atoms with van der Waals surface area (Å²) in [6.07, 6.45) is 0.948. The average Bonchev–Trinajstić information content (AvgIpc) is 3.51. The van der Waals surface area contributed by atoms with Gasteiger partial charge in [0.25, 0.3) is 0 Å². The van der Waals surface area contributed by atoms with Crippen molar-refractivity contribution in [2.24, 2.45) is 0 Å². The van der Waals surface area contributed by atoms with Crippen LogP contribution in [0.2, 0.25) is 5.02 Å². The summed E-state index contributed by atoms with van der Waals surface area (Å²) in [5.74, 6) is -0.578. The van der Waals surface area contributed by atoms with Crippen molar-refractivity contribution in [1.82, 2.24) is 25.2 Å². The lowest BCUT2D eigenvalue weighted by molar-refractivity contribution is 0.111. The molecule has 4 aromatic rings. The van der Waals surface area contributed by atoms with Crippen LogP contribution in [0.25, 0.3) is 32.2 Å². The van der Waals surface area contributed by atoms with Crippen molar-refractivity contribution in [3.63, 3.8) is 0 Å². The molecule has 3 N–H and O–H groups in total. The number of likely N-dealkylation sites (tertiary alicyclic amines) is 1. The van der Waals surface area contributed by atoms with Crippen LogP contribution in [0.1, 0.15) is 6.42 Å². The second kappa shape index (κ2) is 10.6. The predicted molar refractivity (Wildman–Crippen MR) is 150 cm³/mol. The van der Waals surface area contributed by atoms with E-state index >= 15 is 4.39 Å². The van der Waals surface area contributed by atoms with Gasteiger partial charge in [0.1, 0.15) is 23.8 Å². The normalized spacial score (nSPS) is 20.4. The summed E-state index contributed by atoms with van der Waals surface area (Å²) >= 11 is 7.71. The molecule has 0 radical (unpaired) electrons. The van der Waals surface area contributed by atoms with E-state index in [9.17, 15) is 4.39 Å². The lowest BCUT2D eigenvalue weighted by Gasteiger charge is -2.29.